The third-order valence-electron chi connectivity index (χ3n) is 3.00. The summed E-state index contributed by atoms with van der Waals surface area (Å²) in [6.45, 7) is 0.326. The molecule has 0 aliphatic carbocycles. The van der Waals surface area contributed by atoms with Gasteiger partial charge in [0.15, 0.2) is 0 Å². The number of aromatic nitrogens is 2. The molecular weight excluding hydrogens is 301 g/mol. The predicted octanol–water partition coefficient (Wildman–Crippen LogP) is 3.27. The number of rotatable bonds is 4. The molecule has 110 valence electrons. The van der Waals surface area contributed by atoms with E-state index in [-0.39, 0.29) is 11.7 Å². The smallest absolute Gasteiger partial charge is 0.251 e. The number of hydrogen-bond donors (Lipinski definition) is 1. The van der Waals surface area contributed by atoms with E-state index in [0.717, 1.165) is 16.3 Å². The molecule has 3 aromatic rings. The first-order valence-electron chi connectivity index (χ1n) is 6.61. The van der Waals surface area contributed by atoms with Crippen molar-refractivity contribution in [2.24, 2.45) is 0 Å². The van der Waals surface area contributed by atoms with E-state index in [4.69, 9.17) is 0 Å². The molecule has 4 nitrogen and oxygen atoms in total. The number of carbonyl (C=O) groups excluding carboxylic acids is 1. The van der Waals surface area contributed by atoms with Crippen LogP contribution in [0, 0.1) is 5.82 Å². The van der Waals surface area contributed by atoms with E-state index in [1.165, 1.54) is 35.6 Å². The van der Waals surface area contributed by atoms with Crippen LogP contribution in [0.4, 0.5) is 4.39 Å². The molecule has 3 rings (SSSR count). The van der Waals surface area contributed by atoms with Gasteiger partial charge < -0.3 is 5.32 Å². The molecule has 1 aromatic carbocycles. The molecule has 0 aliphatic rings. The van der Waals surface area contributed by atoms with E-state index in [2.05, 4.69) is 15.3 Å². The van der Waals surface area contributed by atoms with E-state index in [9.17, 15) is 9.18 Å². The molecule has 22 heavy (non-hydrogen) atoms. The summed E-state index contributed by atoms with van der Waals surface area (Å²) in [6, 6.07) is 9.22. The zero-order chi connectivity index (χ0) is 15.4. The first kappa shape index (κ1) is 14.3. The van der Waals surface area contributed by atoms with Gasteiger partial charge in [0.25, 0.3) is 5.91 Å². The lowest BCUT2D eigenvalue weighted by molar-refractivity contribution is 0.0950. The third-order valence-corrected chi connectivity index (χ3v) is 3.94. The van der Waals surface area contributed by atoms with Crippen molar-refractivity contribution in [1.29, 1.82) is 0 Å². The van der Waals surface area contributed by atoms with Crippen LogP contribution in [0.5, 0.6) is 0 Å². The molecule has 6 heteroatoms. The fourth-order valence-electron chi connectivity index (χ4n) is 1.88. The van der Waals surface area contributed by atoms with Crippen molar-refractivity contribution in [1.82, 2.24) is 15.3 Å². The fourth-order valence-corrected chi connectivity index (χ4v) is 2.69. The lowest BCUT2D eigenvalue weighted by Crippen LogP contribution is -2.22. The van der Waals surface area contributed by atoms with Gasteiger partial charge in [-0.05, 0) is 36.4 Å². The van der Waals surface area contributed by atoms with Gasteiger partial charge in [0.1, 0.15) is 10.8 Å². The number of hydrogen-bond acceptors (Lipinski definition) is 4. The van der Waals surface area contributed by atoms with Crippen LogP contribution in [0.15, 0.2) is 54.2 Å². The van der Waals surface area contributed by atoms with Gasteiger partial charge in [-0.15, -0.1) is 11.3 Å². The van der Waals surface area contributed by atoms with Crippen molar-refractivity contribution < 1.29 is 9.18 Å². The van der Waals surface area contributed by atoms with Crippen LogP contribution < -0.4 is 5.32 Å². The molecule has 0 fully saturated rings. The van der Waals surface area contributed by atoms with E-state index < -0.39 is 0 Å². The number of halogens is 1. The van der Waals surface area contributed by atoms with Crippen molar-refractivity contribution in [2.45, 2.75) is 6.54 Å². The fraction of sp³-hybridized carbons (Fsp3) is 0.0625. The molecule has 0 aliphatic heterocycles. The highest BCUT2D eigenvalue weighted by Gasteiger charge is 2.08. The molecule has 0 radical (unpaired) electrons. The average molecular weight is 313 g/mol. The number of benzene rings is 1. The average Bonchev–Trinajstić information content (AvgIpc) is 3.03. The molecule has 0 atom stereocenters. The van der Waals surface area contributed by atoms with Crippen LogP contribution in [0.3, 0.4) is 0 Å². The summed E-state index contributed by atoms with van der Waals surface area (Å²) in [5.74, 6) is -0.618. The van der Waals surface area contributed by atoms with Crippen LogP contribution in [0.2, 0.25) is 0 Å². The number of nitrogens with one attached hydrogen (secondary N) is 1. The van der Waals surface area contributed by atoms with Gasteiger partial charge >= 0.3 is 0 Å². The van der Waals surface area contributed by atoms with Crippen molar-refractivity contribution in [3.05, 3.63) is 71.2 Å². The second kappa shape index (κ2) is 6.44. The second-order valence-corrected chi connectivity index (χ2v) is 5.43. The van der Waals surface area contributed by atoms with E-state index in [1.807, 2.05) is 17.5 Å². The Morgan fingerprint density at radius 3 is 2.77 bits per heavy atom. The highest BCUT2D eigenvalue weighted by molar-refractivity contribution is 7.13. The summed E-state index contributed by atoms with van der Waals surface area (Å²) in [7, 11) is 0. The molecule has 0 saturated heterocycles. The molecule has 0 spiro atoms. The minimum Gasteiger partial charge on any atom is -0.346 e. The Morgan fingerprint density at radius 2 is 2.05 bits per heavy atom. The van der Waals surface area contributed by atoms with Crippen LogP contribution in [0.25, 0.3) is 10.6 Å². The zero-order valence-electron chi connectivity index (χ0n) is 11.5. The molecule has 0 saturated carbocycles. The molecular formula is C16H12FN3OS. The van der Waals surface area contributed by atoms with Crippen molar-refractivity contribution in [3.63, 3.8) is 0 Å². The van der Waals surface area contributed by atoms with Crippen LogP contribution in [-0.4, -0.2) is 15.9 Å². The van der Waals surface area contributed by atoms with Gasteiger partial charge in [0.2, 0.25) is 0 Å². The SMILES string of the molecule is O=C(NCc1csc(-c2cccnc2)n1)c1ccc(F)cc1. The monoisotopic (exact) mass is 313 g/mol. The lowest BCUT2D eigenvalue weighted by Gasteiger charge is -2.03. The van der Waals surface area contributed by atoms with Gasteiger partial charge in [-0.25, -0.2) is 9.37 Å². The highest BCUT2D eigenvalue weighted by atomic mass is 32.1. The Kier molecular flexibility index (Phi) is 4.20. The largest absolute Gasteiger partial charge is 0.346 e. The Bertz CT molecular complexity index is 772. The van der Waals surface area contributed by atoms with E-state index in [1.54, 1.807) is 12.4 Å². The Labute approximate surface area is 130 Å². The van der Waals surface area contributed by atoms with Gasteiger partial charge in [0.05, 0.1) is 12.2 Å². The van der Waals surface area contributed by atoms with E-state index in [0.29, 0.717) is 12.1 Å². The maximum Gasteiger partial charge on any atom is 0.251 e. The Balaban J connectivity index is 1.64. The summed E-state index contributed by atoms with van der Waals surface area (Å²) in [6.07, 6.45) is 3.46. The first-order chi connectivity index (χ1) is 10.7. The highest BCUT2D eigenvalue weighted by Crippen LogP contribution is 2.22. The zero-order valence-corrected chi connectivity index (χ0v) is 12.3. The summed E-state index contributed by atoms with van der Waals surface area (Å²) in [4.78, 5) is 20.5. The second-order valence-electron chi connectivity index (χ2n) is 4.58. The molecule has 2 aromatic heterocycles. The number of amides is 1. The molecule has 0 unspecified atom stereocenters. The summed E-state index contributed by atoms with van der Waals surface area (Å²) in [5.41, 5.74) is 2.15. The van der Waals surface area contributed by atoms with E-state index >= 15 is 0 Å². The van der Waals surface area contributed by atoms with Gasteiger partial charge in [0, 0.05) is 28.9 Å². The molecule has 1 N–H and O–H groups in total. The van der Waals surface area contributed by atoms with Crippen molar-refractivity contribution in [2.75, 3.05) is 0 Å². The third kappa shape index (κ3) is 3.35. The standard InChI is InChI=1S/C16H12FN3OS/c17-13-5-3-11(4-6-13)15(21)19-9-14-10-22-16(20-14)12-2-1-7-18-8-12/h1-8,10H,9H2,(H,19,21). The maximum absolute atomic E-state index is 12.8. The first-order valence-corrected chi connectivity index (χ1v) is 7.49. The molecule has 2 heterocycles. The van der Waals surface area contributed by atoms with Crippen molar-refractivity contribution in [3.8, 4) is 10.6 Å². The number of pyridine rings is 1. The number of carbonyl (C=O) groups is 1. The van der Waals surface area contributed by atoms with Crippen LogP contribution in [0.1, 0.15) is 16.1 Å². The predicted molar refractivity (Wildman–Crippen MR) is 82.9 cm³/mol. The van der Waals surface area contributed by atoms with Gasteiger partial charge in [-0.3, -0.25) is 9.78 Å². The van der Waals surface area contributed by atoms with Crippen molar-refractivity contribution >= 4 is 17.2 Å². The topological polar surface area (TPSA) is 54.9 Å². The Morgan fingerprint density at radius 1 is 1.23 bits per heavy atom. The van der Waals surface area contributed by atoms with Crippen LogP contribution >= 0.6 is 11.3 Å². The Hall–Kier alpha value is -2.60. The summed E-state index contributed by atoms with van der Waals surface area (Å²) < 4.78 is 12.8. The van der Waals surface area contributed by atoms with Gasteiger partial charge in [-0.1, -0.05) is 0 Å². The minimum absolute atomic E-state index is 0.254. The lowest BCUT2D eigenvalue weighted by atomic mass is 10.2. The van der Waals surface area contributed by atoms with Gasteiger partial charge in [-0.2, -0.15) is 0 Å². The van der Waals surface area contributed by atoms with Crippen LogP contribution in [-0.2, 0) is 6.54 Å². The normalized spacial score (nSPS) is 10.4. The number of thiazole rings is 1. The molecule has 1 amide bonds. The number of nitrogens with zero attached hydrogens (tertiary/aromatic N) is 2. The summed E-state index contributed by atoms with van der Waals surface area (Å²) in [5, 5.41) is 5.52. The quantitative estimate of drug-likeness (QED) is 0.804. The summed E-state index contributed by atoms with van der Waals surface area (Å²) >= 11 is 1.50. The maximum atomic E-state index is 12.8. The minimum atomic E-state index is -0.364. The molecule has 0 bridgehead atoms.